The monoisotopic (exact) mass is 854 g/mol. The van der Waals surface area contributed by atoms with Gasteiger partial charge < -0.3 is 9.71 Å². The standard InChI is InChI=1S/C64H47BN2/c1-63(2)53-25-15-13-23-48(53)50-33-32-46(37-55(50)63)66-59-39-56-51(49-24-14-16-26-54(49)64(56,3)4)38-57(59)65-62-52(35-44(36-60(62)66)41-19-9-6-10-20-41)61-47-22-12-11-21-43(47)29-34-58(61)67(65)45-30-27-42(28-31-45)40-17-7-5-8-18-40/h5-39H,1-4H3. The number of rotatable bonds is 4. The Kier molecular flexibility index (Phi) is 7.92. The van der Waals surface area contributed by atoms with Gasteiger partial charge in [0.15, 0.2) is 0 Å². The molecule has 3 heteroatoms. The van der Waals surface area contributed by atoms with Crippen molar-refractivity contribution < 1.29 is 0 Å². The van der Waals surface area contributed by atoms with E-state index in [9.17, 15) is 0 Å². The van der Waals surface area contributed by atoms with Crippen molar-refractivity contribution in [1.29, 1.82) is 0 Å². The van der Waals surface area contributed by atoms with Crippen molar-refractivity contribution in [1.82, 2.24) is 0 Å². The molecule has 0 spiro atoms. The molecule has 316 valence electrons. The van der Waals surface area contributed by atoms with Gasteiger partial charge in [-0.15, -0.1) is 0 Å². The van der Waals surface area contributed by atoms with Crippen LogP contribution in [0.25, 0.3) is 66.4 Å². The van der Waals surface area contributed by atoms with Crippen molar-refractivity contribution in [3.05, 3.63) is 235 Å². The molecule has 0 saturated heterocycles. The molecule has 0 atom stereocenters. The summed E-state index contributed by atoms with van der Waals surface area (Å²) in [6.07, 6.45) is 0. The maximum absolute atomic E-state index is 2.67. The first-order valence-corrected chi connectivity index (χ1v) is 23.8. The van der Waals surface area contributed by atoms with E-state index in [1.165, 1.54) is 128 Å². The van der Waals surface area contributed by atoms with Crippen LogP contribution in [0, 0.1) is 0 Å². The van der Waals surface area contributed by atoms with Gasteiger partial charge in [-0.2, -0.15) is 0 Å². The van der Waals surface area contributed by atoms with Gasteiger partial charge in [-0.05, 0) is 143 Å². The lowest BCUT2D eigenvalue weighted by Gasteiger charge is -2.46. The highest BCUT2D eigenvalue weighted by molar-refractivity contribution is 6.93. The molecule has 0 amide bonds. The first-order valence-electron chi connectivity index (χ1n) is 23.8. The minimum Gasteiger partial charge on any atom is -0.376 e. The van der Waals surface area contributed by atoms with Gasteiger partial charge in [-0.3, -0.25) is 0 Å². The normalized spacial score (nSPS) is 15.0. The summed E-state index contributed by atoms with van der Waals surface area (Å²) in [6, 6.07) is 80.3. The highest BCUT2D eigenvalue weighted by Gasteiger charge is 2.48. The topological polar surface area (TPSA) is 6.48 Å². The smallest absolute Gasteiger partial charge is 0.333 e. The summed E-state index contributed by atoms with van der Waals surface area (Å²) >= 11 is 0. The highest BCUT2D eigenvalue weighted by Crippen LogP contribution is 2.56. The van der Waals surface area contributed by atoms with Gasteiger partial charge in [0.25, 0.3) is 0 Å². The molecule has 0 aromatic heterocycles. The lowest BCUT2D eigenvalue weighted by atomic mass is 9.43. The van der Waals surface area contributed by atoms with E-state index in [1.807, 2.05) is 0 Å². The minimum absolute atomic E-state index is 0.131. The molecule has 0 N–H and O–H groups in total. The van der Waals surface area contributed by atoms with Gasteiger partial charge in [0.05, 0.1) is 0 Å². The summed E-state index contributed by atoms with van der Waals surface area (Å²) in [6.45, 7) is 9.49. The molecular formula is C64H47BN2. The molecule has 0 bridgehead atoms. The second-order valence-electron chi connectivity index (χ2n) is 20.1. The van der Waals surface area contributed by atoms with Crippen LogP contribution in [0.15, 0.2) is 212 Å². The maximum atomic E-state index is 2.67. The Morgan fingerprint density at radius 1 is 0.358 bits per heavy atom. The van der Waals surface area contributed by atoms with E-state index >= 15 is 0 Å². The quantitative estimate of drug-likeness (QED) is 0.163. The Bertz CT molecular complexity index is 3700. The van der Waals surface area contributed by atoms with Crippen molar-refractivity contribution in [2.24, 2.45) is 0 Å². The summed E-state index contributed by atoms with van der Waals surface area (Å²) in [5.41, 5.74) is 26.6. The largest absolute Gasteiger partial charge is 0.376 e. The molecule has 2 nitrogen and oxygen atoms in total. The van der Waals surface area contributed by atoms with E-state index in [2.05, 4.69) is 250 Å². The molecule has 10 aromatic carbocycles. The Morgan fingerprint density at radius 2 is 0.925 bits per heavy atom. The lowest BCUT2D eigenvalue weighted by Crippen LogP contribution is -2.61. The van der Waals surface area contributed by atoms with Crippen LogP contribution >= 0.6 is 0 Å². The van der Waals surface area contributed by atoms with Crippen molar-refractivity contribution in [2.45, 2.75) is 38.5 Å². The van der Waals surface area contributed by atoms with Gasteiger partial charge >= 0.3 is 6.85 Å². The number of benzene rings is 10. The fourth-order valence-corrected chi connectivity index (χ4v) is 12.6. The van der Waals surface area contributed by atoms with E-state index < -0.39 is 0 Å². The van der Waals surface area contributed by atoms with E-state index in [4.69, 9.17) is 0 Å². The summed E-state index contributed by atoms with van der Waals surface area (Å²) in [7, 11) is 0. The van der Waals surface area contributed by atoms with Crippen molar-refractivity contribution >= 4 is 57.0 Å². The van der Waals surface area contributed by atoms with Crippen molar-refractivity contribution in [3.8, 4) is 55.6 Å². The summed E-state index contributed by atoms with van der Waals surface area (Å²) < 4.78 is 0. The predicted molar refractivity (Wildman–Crippen MR) is 284 cm³/mol. The van der Waals surface area contributed by atoms with Crippen LogP contribution in [-0.2, 0) is 10.8 Å². The van der Waals surface area contributed by atoms with Crippen LogP contribution in [0.5, 0.6) is 0 Å². The first-order chi connectivity index (χ1) is 32.8. The van der Waals surface area contributed by atoms with Crippen LogP contribution in [0.2, 0.25) is 0 Å². The van der Waals surface area contributed by atoms with Gasteiger partial charge in [-0.1, -0.05) is 191 Å². The van der Waals surface area contributed by atoms with Crippen LogP contribution in [0.3, 0.4) is 0 Å². The number of hydrogen-bond donors (Lipinski definition) is 0. The fraction of sp³-hybridized carbons (Fsp3) is 0.0938. The molecule has 10 aromatic rings. The van der Waals surface area contributed by atoms with Crippen molar-refractivity contribution in [3.63, 3.8) is 0 Å². The number of fused-ring (bicyclic) bond motifs is 12. The number of anilines is 5. The van der Waals surface area contributed by atoms with E-state index in [0.717, 1.165) is 0 Å². The van der Waals surface area contributed by atoms with Gasteiger partial charge in [0, 0.05) is 44.8 Å². The molecule has 0 fully saturated rings. The number of hydrogen-bond acceptors (Lipinski definition) is 2. The highest BCUT2D eigenvalue weighted by atomic mass is 15.2. The molecule has 4 aliphatic rings. The molecule has 2 aliphatic carbocycles. The third kappa shape index (κ3) is 5.34. The minimum atomic E-state index is -0.184. The average molecular weight is 855 g/mol. The Balaban J connectivity index is 1.11. The van der Waals surface area contributed by atoms with Crippen LogP contribution < -0.4 is 20.6 Å². The zero-order valence-electron chi connectivity index (χ0n) is 38.2. The van der Waals surface area contributed by atoms with E-state index in [-0.39, 0.29) is 17.7 Å². The van der Waals surface area contributed by atoms with Crippen LogP contribution in [-0.4, -0.2) is 6.85 Å². The fourth-order valence-electron chi connectivity index (χ4n) is 12.6. The summed E-state index contributed by atoms with van der Waals surface area (Å²) in [5, 5.41) is 2.50. The Hall–Kier alpha value is -7.88. The molecular weight excluding hydrogens is 808 g/mol. The molecule has 0 saturated carbocycles. The number of nitrogens with zero attached hydrogens (tertiary/aromatic N) is 2. The molecule has 14 rings (SSSR count). The van der Waals surface area contributed by atoms with Crippen LogP contribution in [0.1, 0.15) is 49.9 Å². The van der Waals surface area contributed by atoms with E-state index in [1.54, 1.807) is 0 Å². The second-order valence-corrected chi connectivity index (χ2v) is 20.1. The van der Waals surface area contributed by atoms with Gasteiger partial charge in [-0.25, -0.2) is 0 Å². The Morgan fingerprint density at radius 3 is 1.64 bits per heavy atom. The first kappa shape index (κ1) is 38.4. The zero-order valence-corrected chi connectivity index (χ0v) is 38.2. The second kappa shape index (κ2) is 13.8. The molecule has 2 heterocycles. The molecule has 2 aliphatic heterocycles. The molecule has 0 radical (unpaired) electrons. The van der Waals surface area contributed by atoms with Gasteiger partial charge in [0.2, 0.25) is 0 Å². The Labute approximate surface area is 393 Å². The third-order valence-electron chi connectivity index (χ3n) is 15.8. The average Bonchev–Trinajstić information content (AvgIpc) is 3.74. The van der Waals surface area contributed by atoms with E-state index in [0.29, 0.717) is 0 Å². The lowest BCUT2D eigenvalue weighted by molar-refractivity contribution is 0.660. The van der Waals surface area contributed by atoms with Crippen molar-refractivity contribution in [2.75, 3.05) is 9.71 Å². The maximum Gasteiger partial charge on any atom is 0.333 e. The van der Waals surface area contributed by atoms with Crippen LogP contribution in [0.4, 0.5) is 28.4 Å². The summed E-state index contributed by atoms with van der Waals surface area (Å²) in [4.78, 5) is 5.31. The molecule has 0 unspecified atom stereocenters. The SMILES string of the molecule is CC1(C)c2ccccc2-c2ccc(N3c4cc5c(cc4B4c6c(cc(-c7ccccc7)cc63)-c3c(ccc6ccccc36)N4c3ccc(-c4ccccc4)cc3)-c3ccccc3C5(C)C)cc21. The predicted octanol–water partition coefficient (Wildman–Crippen LogP) is 15.5. The third-order valence-corrected chi connectivity index (χ3v) is 15.8. The zero-order chi connectivity index (χ0) is 44.8. The summed E-state index contributed by atoms with van der Waals surface area (Å²) in [5.74, 6) is 0. The molecule has 67 heavy (non-hydrogen) atoms. The van der Waals surface area contributed by atoms with Gasteiger partial charge in [0.1, 0.15) is 0 Å².